The summed E-state index contributed by atoms with van der Waals surface area (Å²) in [5, 5.41) is 6.73. The van der Waals surface area contributed by atoms with E-state index in [0.29, 0.717) is 19.0 Å². The van der Waals surface area contributed by atoms with Gasteiger partial charge in [-0.1, -0.05) is 11.6 Å². The quantitative estimate of drug-likeness (QED) is 0.614. The molecule has 1 aliphatic heterocycles. The molecule has 12 heteroatoms. The lowest BCUT2D eigenvalue weighted by Gasteiger charge is -2.26. The number of sulfonamides is 1. The van der Waals surface area contributed by atoms with Gasteiger partial charge in [-0.25, -0.2) is 17.9 Å². The normalized spacial score (nSPS) is 15.1. The number of nitrogens with zero attached hydrogens (tertiary/aromatic N) is 3. The molecule has 1 aliphatic rings. The van der Waals surface area contributed by atoms with Gasteiger partial charge in [-0.2, -0.15) is 9.40 Å². The molecular formula is C19H23ClN4O6S. The zero-order chi connectivity index (χ0) is 22.6. The van der Waals surface area contributed by atoms with Crippen molar-refractivity contribution in [3.8, 4) is 0 Å². The summed E-state index contributed by atoms with van der Waals surface area (Å²) in [6.45, 7) is 4.28. The number of carbonyl (C=O) groups excluding carboxylic acids is 2. The third-order valence-electron chi connectivity index (χ3n) is 4.53. The summed E-state index contributed by atoms with van der Waals surface area (Å²) in [5.41, 5.74) is -0.143. The highest BCUT2D eigenvalue weighted by Crippen LogP contribution is 2.24. The number of hydrogen-bond donors (Lipinski definition) is 1. The Labute approximate surface area is 185 Å². The fourth-order valence-corrected chi connectivity index (χ4v) is 4.60. The molecule has 0 saturated carbocycles. The molecule has 0 aliphatic carbocycles. The third-order valence-corrected chi connectivity index (χ3v) is 6.75. The van der Waals surface area contributed by atoms with E-state index in [9.17, 15) is 18.0 Å². The van der Waals surface area contributed by atoms with Crippen molar-refractivity contribution in [2.45, 2.75) is 24.8 Å². The minimum Gasteiger partial charge on any atom is -0.452 e. The number of ether oxygens (including phenoxy) is 2. The van der Waals surface area contributed by atoms with Crippen molar-refractivity contribution >= 4 is 39.3 Å². The highest BCUT2D eigenvalue weighted by atomic mass is 35.5. The zero-order valence-electron chi connectivity index (χ0n) is 17.1. The molecule has 0 atom stereocenters. The summed E-state index contributed by atoms with van der Waals surface area (Å²) >= 11 is 6.07. The molecule has 0 radical (unpaired) electrons. The maximum absolute atomic E-state index is 12.8. The second kappa shape index (κ2) is 9.77. The van der Waals surface area contributed by atoms with E-state index in [1.54, 1.807) is 16.9 Å². The summed E-state index contributed by atoms with van der Waals surface area (Å²) in [7, 11) is -3.82. The second-order valence-electron chi connectivity index (χ2n) is 7.04. The molecule has 1 aromatic heterocycles. The van der Waals surface area contributed by atoms with Gasteiger partial charge in [0.2, 0.25) is 10.0 Å². The Morgan fingerprint density at radius 2 is 1.97 bits per heavy atom. The first-order chi connectivity index (χ1) is 14.7. The number of aromatic nitrogens is 2. The average molecular weight is 471 g/mol. The zero-order valence-corrected chi connectivity index (χ0v) is 18.6. The van der Waals surface area contributed by atoms with Gasteiger partial charge in [0.05, 0.1) is 34.9 Å². The minimum absolute atomic E-state index is 0.0178. The second-order valence-corrected chi connectivity index (χ2v) is 9.38. The smallest absolute Gasteiger partial charge is 0.340 e. The first kappa shape index (κ1) is 23.2. The van der Waals surface area contributed by atoms with Gasteiger partial charge in [-0.3, -0.25) is 4.79 Å². The number of esters is 1. The van der Waals surface area contributed by atoms with Crippen LogP contribution in [0.25, 0.3) is 0 Å². The van der Waals surface area contributed by atoms with Crippen molar-refractivity contribution in [1.29, 1.82) is 0 Å². The molecule has 0 spiro atoms. The molecule has 0 unspecified atom stereocenters. The molecule has 0 bridgehead atoms. The Bertz CT molecular complexity index is 1060. The number of amides is 1. The highest BCUT2D eigenvalue weighted by molar-refractivity contribution is 7.89. The van der Waals surface area contributed by atoms with E-state index in [1.165, 1.54) is 16.4 Å². The fourth-order valence-electron chi connectivity index (χ4n) is 2.97. The molecule has 1 aromatic carbocycles. The Kier molecular flexibility index (Phi) is 7.31. The van der Waals surface area contributed by atoms with E-state index in [0.717, 1.165) is 6.07 Å². The number of hydrogen-bond acceptors (Lipinski definition) is 7. The molecular weight excluding hydrogens is 448 g/mol. The Hall–Kier alpha value is -2.47. The lowest BCUT2D eigenvalue weighted by atomic mass is 10.2. The first-order valence-corrected chi connectivity index (χ1v) is 11.4. The summed E-state index contributed by atoms with van der Waals surface area (Å²) < 4.78 is 38.7. The van der Waals surface area contributed by atoms with Gasteiger partial charge in [-0.15, -0.1) is 0 Å². The van der Waals surface area contributed by atoms with Gasteiger partial charge in [0, 0.05) is 25.2 Å². The van der Waals surface area contributed by atoms with Crippen LogP contribution in [0.5, 0.6) is 0 Å². The molecule has 31 heavy (non-hydrogen) atoms. The lowest BCUT2D eigenvalue weighted by molar-refractivity contribution is -0.119. The number of morpholine rings is 1. The van der Waals surface area contributed by atoms with E-state index in [1.807, 2.05) is 13.8 Å². The van der Waals surface area contributed by atoms with Crippen LogP contribution >= 0.6 is 11.6 Å². The van der Waals surface area contributed by atoms with Crippen LogP contribution in [0.3, 0.4) is 0 Å². The van der Waals surface area contributed by atoms with Crippen LogP contribution in [0.4, 0.5) is 5.82 Å². The largest absolute Gasteiger partial charge is 0.452 e. The first-order valence-electron chi connectivity index (χ1n) is 9.58. The van der Waals surface area contributed by atoms with Crippen LogP contribution in [0.1, 0.15) is 30.2 Å². The van der Waals surface area contributed by atoms with Crippen molar-refractivity contribution < 1.29 is 27.5 Å². The predicted octanol–water partition coefficient (Wildman–Crippen LogP) is 1.93. The Morgan fingerprint density at radius 3 is 2.65 bits per heavy atom. The SMILES string of the molecule is CC(C)n1nccc1NC(=O)COC(=O)c1cc(S(=O)(=O)N2CCOCC2)ccc1Cl. The minimum atomic E-state index is -3.82. The summed E-state index contributed by atoms with van der Waals surface area (Å²) in [6, 6.07) is 5.44. The van der Waals surface area contributed by atoms with Gasteiger partial charge in [0.15, 0.2) is 6.61 Å². The van der Waals surface area contributed by atoms with Crippen LogP contribution < -0.4 is 5.32 Å². The number of carbonyl (C=O) groups is 2. The van der Waals surface area contributed by atoms with E-state index in [-0.39, 0.29) is 34.6 Å². The highest BCUT2D eigenvalue weighted by Gasteiger charge is 2.28. The number of halogens is 1. The van der Waals surface area contributed by atoms with E-state index in [4.69, 9.17) is 21.1 Å². The van der Waals surface area contributed by atoms with Gasteiger partial charge < -0.3 is 14.8 Å². The van der Waals surface area contributed by atoms with Crippen molar-refractivity contribution in [3.63, 3.8) is 0 Å². The standard InChI is InChI=1S/C19H23ClN4O6S/c1-13(2)24-17(5-6-21-24)22-18(25)12-30-19(26)15-11-14(3-4-16(15)20)31(27,28)23-7-9-29-10-8-23/h3-6,11,13H,7-10,12H2,1-2H3,(H,22,25). The molecule has 1 N–H and O–H groups in total. The summed E-state index contributed by atoms with van der Waals surface area (Å²) in [4.78, 5) is 24.5. The van der Waals surface area contributed by atoms with E-state index in [2.05, 4.69) is 10.4 Å². The van der Waals surface area contributed by atoms with Crippen LogP contribution in [0.2, 0.25) is 5.02 Å². The molecule has 2 aromatic rings. The Morgan fingerprint density at radius 1 is 1.26 bits per heavy atom. The Balaban J connectivity index is 1.68. The number of benzene rings is 1. The topological polar surface area (TPSA) is 120 Å². The third kappa shape index (κ3) is 5.42. The fraction of sp³-hybridized carbons (Fsp3) is 0.421. The number of nitrogens with one attached hydrogen (secondary N) is 1. The molecule has 1 fully saturated rings. The van der Waals surface area contributed by atoms with Crippen LogP contribution in [0, 0.1) is 0 Å². The van der Waals surface area contributed by atoms with Crippen molar-refractivity contribution in [2.24, 2.45) is 0 Å². The van der Waals surface area contributed by atoms with Gasteiger partial charge in [0.1, 0.15) is 5.82 Å². The maximum atomic E-state index is 12.8. The summed E-state index contributed by atoms with van der Waals surface area (Å²) in [6.07, 6.45) is 1.54. The lowest BCUT2D eigenvalue weighted by Crippen LogP contribution is -2.40. The number of anilines is 1. The van der Waals surface area contributed by atoms with Crippen LogP contribution in [0.15, 0.2) is 35.4 Å². The molecule has 1 amide bonds. The van der Waals surface area contributed by atoms with E-state index < -0.39 is 28.5 Å². The molecule has 10 nitrogen and oxygen atoms in total. The molecule has 1 saturated heterocycles. The van der Waals surface area contributed by atoms with Crippen molar-refractivity contribution in [2.75, 3.05) is 38.2 Å². The predicted molar refractivity (Wildman–Crippen MR) is 113 cm³/mol. The van der Waals surface area contributed by atoms with Gasteiger partial charge in [0.25, 0.3) is 5.91 Å². The van der Waals surface area contributed by atoms with Gasteiger partial charge >= 0.3 is 5.97 Å². The molecule has 3 rings (SSSR count). The van der Waals surface area contributed by atoms with Crippen LogP contribution in [-0.2, 0) is 24.3 Å². The summed E-state index contributed by atoms with van der Waals surface area (Å²) in [5.74, 6) is -1.01. The average Bonchev–Trinajstić information content (AvgIpc) is 3.21. The maximum Gasteiger partial charge on any atom is 0.340 e. The van der Waals surface area contributed by atoms with Crippen LogP contribution in [-0.4, -0.2) is 67.3 Å². The van der Waals surface area contributed by atoms with E-state index >= 15 is 0 Å². The number of rotatable bonds is 7. The van der Waals surface area contributed by atoms with Crippen molar-refractivity contribution in [3.05, 3.63) is 41.0 Å². The molecule has 2 heterocycles. The van der Waals surface area contributed by atoms with Crippen molar-refractivity contribution in [1.82, 2.24) is 14.1 Å². The van der Waals surface area contributed by atoms with Gasteiger partial charge in [-0.05, 0) is 32.0 Å². The molecule has 168 valence electrons. The monoisotopic (exact) mass is 470 g/mol.